The van der Waals surface area contributed by atoms with E-state index in [9.17, 15) is 13.6 Å². The maximum absolute atomic E-state index is 14.3. The number of benzene rings is 2. The molecular formula is C20H22F2N2O. The van der Waals surface area contributed by atoms with Crippen LogP contribution in [0.15, 0.2) is 42.5 Å². The average Bonchev–Trinajstić information content (AvgIpc) is 2.60. The van der Waals surface area contributed by atoms with Crippen molar-refractivity contribution in [2.75, 3.05) is 25.0 Å². The van der Waals surface area contributed by atoms with Gasteiger partial charge in [0, 0.05) is 19.7 Å². The van der Waals surface area contributed by atoms with Crippen LogP contribution in [-0.4, -0.2) is 30.9 Å². The van der Waals surface area contributed by atoms with Gasteiger partial charge in [-0.15, -0.1) is 0 Å². The van der Waals surface area contributed by atoms with Crippen LogP contribution in [0.1, 0.15) is 30.5 Å². The Morgan fingerprint density at radius 3 is 2.68 bits per heavy atom. The third kappa shape index (κ3) is 3.65. The Morgan fingerprint density at radius 1 is 1.24 bits per heavy atom. The third-order valence-corrected chi connectivity index (χ3v) is 4.88. The van der Waals surface area contributed by atoms with Crippen LogP contribution in [-0.2, 0) is 11.2 Å². The molecule has 3 nitrogen and oxygen atoms in total. The molecule has 1 heterocycles. The number of anilines is 1. The number of nitrogens with zero attached hydrogens (tertiary/aromatic N) is 2. The van der Waals surface area contributed by atoms with Gasteiger partial charge in [0.1, 0.15) is 11.6 Å². The van der Waals surface area contributed by atoms with E-state index in [1.807, 2.05) is 37.3 Å². The molecule has 0 bridgehead atoms. The third-order valence-electron chi connectivity index (χ3n) is 4.88. The van der Waals surface area contributed by atoms with E-state index in [1.54, 1.807) is 16.8 Å². The summed E-state index contributed by atoms with van der Waals surface area (Å²) in [5, 5.41) is 0. The summed E-state index contributed by atoms with van der Waals surface area (Å²) in [6.45, 7) is 2.64. The van der Waals surface area contributed by atoms with Gasteiger partial charge < -0.3 is 9.80 Å². The average molecular weight is 344 g/mol. The molecule has 0 aromatic heterocycles. The number of halogens is 2. The Hall–Kier alpha value is -2.43. The molecule has 1 aliphatic rings. The fourth-order valence-corrected chi connectivity index (χ4v) is 3.34. The normalized spacial score (nSPS) is 14.8. The molecule has 2 aromatic carbocycles. The Bertz CT molecular complexity index is 764. The van der Waals surface area contributed by atoms with Crippen LogP contribution < -0.4 is 4.90 Å². The maximum Gasteiger partial charge on any atom is 0.242 e. The second kappa shape index (κ2) is 7.21. The summed E-state index contributed by atoms with van der Waals surface area (Å²) >= 11 is 0. The number of likely N-dealkylation sites (N-methyl/N-ethyl adjacent to an activating group) is 1. The van der Waals surface area contributed by atoms with Crippen molar-refractivity contribution in [2.24, 2.45) is 0 Å². The molecule has 1 aliphatic heterocycles. The van der Waals surface area contributed by atoms with Crippen molar-refractivity contribution in [3.63, 3.8) is 0 Å². The zero-order chi connectivity index (χ0) is 18.0. The van der Waals surface area contributed by atoms with Gasteiger partial charge in [-0.3, -0.25) is 4.79 Å². The van der Waals surface area contributed by atoms with E-state index in [0.29, 0.717) is 24.2 Å². The summed E-state index contributed by atoms with van der Waals surface area (Å²) in [5.41, 5.74) is 2.04. The molecule has 0 spiro atoms. The molecule has 2 aromatic rings. The van der Waals surface area contributed by atoms with Crippen molar-refractivity contribution >= 4 is 11.6 Å². The van der Waals surface area contributed by atoms with Gasteiger partial charge in [-0.1, -0.05) is 30.3 Å². The number of carbonyl (C=O) groups excluding carboxylic acids is 1. The number of amides is 1. The number of rotatable bonds is 4. The predicted molar refractivity (Wildman–Crippen MR) is 94.5 cm³/mol. The standard InChI is InChI=1S/C20H22F2N2O/c1-14(15-7-4-3-5-8-15)23(2)19(25)13-24-10-6-9-16-11-17(21)12-18(22)20(16)24/h3-5,7-8,11-12,14H,6,9-10,13H2,1-2H3/t14-/m1/s1. The van der Waals surface area contributed by atoms with Gasteiger partial charge in [0.2, 0.25) is 5.91 Å². The van der Waals surface area contributed by atoms with Crippen LogP contribution in [0.2, 0.25) is 0 Å². The fourth-order valence-electron chi connectivity index (χ4n) is 3.34. The first kappa shape index (κ1) is 17.4. The molecule has 25 heavy (non-hydrogen) atoms. The second-order valence-electron chi connectivity index (χ2n) is 6.51. The van der Waals surface area contributed by atoms with Gasteiger partial charge >= 0.3 is 0 Å². The Kier molecular flexibility index (Phi) is 5.02. The van der Waals surface area contributed by atoms with E-state index in [0.717, 1.165) is 18.1 Å². The fraction of sp³-hybridized carbons (Fsp3) is 0.350. The van der Waals surface area contributed by atoms with E-state index < -0.39 is 11.6 Å². The first-order valence-electron chi connectivity index (χ1n) is 8.51. The molecule has 0 fully saturated rings. The van der Waals surface area contributed by atoms with Crippen molar-refractivity contribution in [2.45, 2.75) is 25.8 Å². The van der Waals surface area contributed by atoms with Crippen molar-refractivity contribution in [3.8, 4) is 0 Å². The van der Waals surface area contributed by atoms with Crippen molar-refractivity contribution in [1.29, 1.82) is 0 Å². The second-order valence-corrected chi connectivity index (χ2v) is 6.51. The highest BCUT2D eigenvalue weighted by molar-refractivity contribution is 5.82. The summed E-state index contributed by atoms with van der Waals surface area (Å²) in [7, 11) is 1.76. The SMILES string of the molecule is C[C@H](c1ccccc1)N(C)C(=O)CN1CCCc2cc(F)cc(F)c21. The monoisotopic (exact) mass is 344 g/mol. The topological polar surface area (TPSA) is 23.6 Å². The first-order chi connectivity index (χ1) is 12.0. The highest BCUT2D eigenvalue weighted by Gasteiger charge is 2.26. The van der Waals surface area contributed by atoms with Gasteiger partial charge in [0.05, 0.1) is 18.3 Å². The van der Waals surface area contributed by atoms with Crippen LogP contribution in [0.5, 0.6) is 0 Å². The molecule has 0 saturated heterocycles. The lowest BCUT2D eigenvalue weighted by molar-refractivity contribution is -0.130. The van der Waals surface area contributed by atoms with Crippen LogP contribution >= 0.6 is 0 Å². The molecule has 0 radical (unpaired) electrons. The Balaban J connectivity index is 1.76. The van der Waals surface area contributed by atoms with Gasteiger partial charge in [-0.25, -0.2) is 8.78 Å². The number of carbonyl (C=O) groups is 1. The van der Waals surface area contributed by atoms with E-state index in [2.05, 4.69) is 0 Å². The Morgan fingerprint density at radius 2 is 1.96 bits per heavy atom. The summed E-state index contributed by atoms with van der Waals surface area (Å²) < 4.78 is 27.7. The van der Waals surface area contributed by atoms with Gasteiger partial charge in [0.25, 0.3) is 0 Å². The van der Waals surface area contributed by atoms with Crippen molar-refractivity contribution in [1.82, 2.24) is 4.90 Å². The van der Waals surface area contributed by atoms with Crippen LogP contribution in [0, 0.1) is 11.6 Å². The lowest BCUT2D eigenvalue weighted by Gasteiger charge is -2.34. The smallest absolute Gasteiger partial charge is 0.242 e. The molecule has 0 saturated carbocycles. The highest BCUT2D eigenvalue weighted by atomic mass is 19.1. The molecule has 1 atom stereocenters. The number of fused-ring (bicyclic) bond motifs is 1. The van der Waals surface area contributed by atoms with E-state index in [4.69, 9.17) is 0 Å². The zero-order valence-electron chi connectivity index (χ0n) is 14.5. The minimum Gasteiger partial charge on any atom is -0.360 e. The molecule has 0 N–H and O–H groups in total. The lowest BCUT2D eigenvalue weighted by atomic mass is 10.0. The van der Waals surface area contributed by atoms with Gasteiger partial charge in [-0.05, 0) is 37.0 Å². The highest BCUT2D eigenvalue weighted by Crippen LogP contribution is 2.31. The number of hydrogen-bond acceptors (Lipinski definition) is 2. The van der Waals surface area contributed by atoms with Crippen molar-refractivity contribution < 1.29 is 13.6 Å². The number of aryl methyl sites for hydroxylation is 1. The molecule has 132 valence electrons. The lowest BCUT2D eigenvalue weighted by Crippen LogP contribution is -2.42. The molecule has 5 heteroatoms. The molecule has 3 rings (SSSR count). The summed E-state index contributed by atoms with van der Waals surface area (Å²) in [5.74, 6) is -1.26. The molecule has 1 amide bonds. The van der Waals surface area contributed by atoms with Crippen molar-refractivity contribution in [3.05, 3.63) is 65.2 Å². The molecule has 0 aliphatic carbocycles. The number of hydrogen-bond donors (Lipinski definition) is 0. The van der Waals surface area contributed by atoms with Crippen LogP contribution in [0.4, 0.5) is 14.5 Å². The Labute approximate surface area is 146 Å². The van der Waals surface area contributed by atoms with E-state index in [1.165, 1.54) is 6.07 Å². The minimum atomic E-state index is -0.596. The summed E-state index contributed by atoms with van der Waals surface area (Å²) in [6, 6.07) is 12.0. The molecule has 0 unspecified atom stereocenters. The van der Waals surface area contributed by atoms with E-state index in [-0.39, 0.29) is 18.5 Å². The van der Waals surface area contributed by atoms with Gasteiger partial charge in [-0.2, -0.15) is 0 Å². The van der Waals surface area contributed by atoms with Crippen LogP contribution in [0.3, 0.4) is 0 Å². The largest absolute Gasteiger partial charge is 0.360 e. The summed E-state index contributed by atoms with van der Waals surface area (Å²) in [6.07, 6.45) is 1.41. The van der Waals surface area contributed by atoms with E-state index >= 15 is 0 Å². The molecular weight excluding hydrogens is 322 g/mol. The van der Waals surface area contributed by atoms with Gasteiger partial charge in [0.15, 0.2) is 0 Å². The summed E-state index contributed by atoms with van der Waals surface area (Å²) in [4.78, 5) is 16.1. The minimum absolute atomic E-state index is 0.0731. The zero-order valence-corrected chi connectivity index (χ0v) is 14.5. The maximum atomic E-state index is 14.3. The quantitative estimate of drug-likeness (QED) is 0.839. The first-order valence-corrected chi connectivity index (χ1v) is 8.51. The predicted octanol–water partition coefficient (Wildman–Crippen LogP) is 3.94. The van der Waals surface area contributed by atoms with Crippen LogP contribution in [0.25, 0.3) is 0 Å².